The van der Waals surface area contributed by atoms with E-state index in [1.807, 2.05) is 60.0 Å². The lowest BCUT2D eigenvalue weighted by atomic mass is 10.1. The van der Waals surface area contributed by atoms with Gasteiger partial charge in [-0.1, -0.05) is 42.1 Å². The highest BCUT2D eigenvalue weighted by molar-refractivity contribution is 7.98. The molecule has 0 saturated carbocycles. The topological polar surface area (TPSA) is 88.7 Å². The molecule has 2 aromatic heterocycles. The number of nitrogens with one attached hydrogen (secondary N) is 2. The number of benzene rings is 2. The average Bonchev–Trinajstić information content (AvgIpc) is 3.33. The van der Waals surface area contributed by atoms with Crippen LogP contribution in [0.2, 0.25) is 0 Å². The SMILES string of the molecule is CCn1c(CNC(=O)c2ccccc2CSc2nc3ccccc3o2)n[nH]c1=S. The molecule has 0 unspecified atom stereocenters. The Morgan fingerprint density at radius 2 is 2.03 bits per heavy atom. The molecule has 0 bridgehead atoms. The van der Waals surface area contributed by atoms with E-state index in [0.29, 0.717) is 40.2 Å². The minimum absolute atomic E-state index is 0.157. The Hall–Kier alpha value is -2.91. The highest BCUT2D eigenvalue weighted by Gasteiger charge is 2.14. The lowest BCUT2D eigenvalue weighted by Gasteiger charge is -2.09. The summed E-state index contributed by atoms with van der Waals surface area (Å²) in [5.41, 5.74) is 3.11. The zero-order valence-electron chi connectivity index (χ0n) is 15.7. The van der Waals surface area contributed by atoms with Crippen LogP contribution in [0.25, 0.3) is 11.1 Å². The average molecular weight is 426 g/mol. The minimum atomic E-state index is -0.157. The van der Waals surface area contributed by atoms with Crippen LogP contribution in [0.5, 0.6) is 0 Å². The number of carbonyl (C=O) groups is 1. The van der Waals surface area contributed by atoms with Gasteiger partial charge in [0.05, 0.1) is 6.54 Å². The number of H-pyrrole nitrogens is 1. The first-order valence-corrected chi connectivity index (χ1v) is 10.5. The molecule has 0 aliphatic rings. The van der Waals surface area contributed by atoms with Crippen molar-refractivity contribution < 1.29 is 9.21 Å². The number of amides is 1. The summed E-state index contributed by atoms with van der Waals surface area (Å²) in [6.45, 7) is 2.97. The Morgan fingerprint density at radius 1 is 1.24 bits per heavy atom. The number of hydrogen-bond donors (Lipinski definition) is 2. The largest absolute Gasteiger partial charge is 0.431 e. The van der Waals surface area contributed by atoms with E-state index in [1.165, 1.54) is 11.8 Å². The fraction of sp³-hybridized carbons (Fsp3) is 0.200. The standard InChI is InChI=1S/C20H19N5O2S2/c1-2-25-17(23-24-19(25)28)11-21-18(26)14-8-4-3-7-13(14)12-29-20-22-15-9-5-6-10-16(15)27-20/h3-10H,2,11-12H2,1H3,(H,21,26)(H,24,28). The monoisotopic (exact) mass is 425 g/mol. The molecule has 0 fully saturated rings. The van der Waals surface area contributed by atoms with E-state index in [9.17, 15) is 4.79 Å². The van der Waals surface area contributed by atoms with Crippen LogP contribution >= 0.6 is 24.0 Å². The summed E-state index contributed by atoms with van der Waals surface area (Å²) < 4.78 is 8.15. The van der Waals surface area contributed by atoms with Crippen LogP contribution in [-0.2, 0) is 18.8 Å². The number of carbonyl (C=O) groups excluding carboxylic acids is 1. The van der Waals surface area contributed by atoms with E-state index in [2.05, 4.69) is 20.5 Å². The normalized spacial score (nSPS) is 11.1. The molecule has 0 atom stereocenters. The van der Waals surface area contributed by atoms with Crippen molar-refractivity contribution in [1.29, 1.82) is 0 Å². The number of rotatable bonds is 7. The van der Waals surface area contributed by atoms with E-state index >= 15 is 0 Å². The molecule has 7 nitrogen and oxygen atoms in total. The molecule has 9 heteroatoms. The number of aromatic amines is 1. The molecule has 29 heavy (non-hydrogen) atoms. The Kier molecular flexibility index (Phi) is 5.77. The van der Waals surface area contributed by atoms with E-state index in [4.69, 9.17) is 16.6 Å². The summed E-state index contributed by atoms with van der Waals surface area (Å²) in [7, 11) is 0. The summed E-state index contributed by atoms with van der Waals surface area (Å²) in [4.78, 5) is 17.2. The van der Waals surface area contributed by atoms with Crippen LogP contribution in [0.15, 0.2) is 58.2 Å². The molecule has 0 spiro atoms. The maximum absolute atomic E-state index is 12.8. The maximum Gasteiger partial charge on any atom is 0.257 e. The predicted octanol–water partition coefficient (Wildman–Crippen LogP) is 4.32. The van der Waals surface area contributed by atoms with Gasteiger partial charge in [0.1, 0.15) is 5.52 Å². The van der Waals surface area contributed by atoms with E-state index in [0.717, 1.165) is 16.7 Å². The van der Waals surface area contributed by atoms with Crippen molar-refractivity contribution in [2.24, 2.45) is 0 Å². The number of hydrogen-bond acceptors (Lipinski definition) is 6. The van der Waals surface area contributed by atoms with Crippen LogP contribution in [-0.4, -0.2) is 25.7 Å². The summed E-state index contributed by atoms with van der Waals surface area (Å²) in [6, 6.07) is 15.2. The molecule has 0 aliphatic carbocycles. The summed E-state index contributed by atoms with van der Waals surface area (Å²) in [5.74, 6) is 1.11. The predicted molar refractivity (Wildman–Crippen MR) is 114 cm³/mol. The fourth-order valence-electron chi connectivity index (χ4n) is 2.99. The number of nitrogens with zero attached hydrogens (tertiary/aromatic N) is 3. The summed E-state index contributed by atoms with van der Waals surface area (Å²) in [5, 5.41) is 10.4. The van der Waals surface area contributed by atoms with Gasteiger partial charge in [0, 0.05) is 17.9 Å². The third-order valence-electron chi connectivity index (χ3n) is 4.45. The van der Waals surface area contributed by atoms with Crippen molar-refractivity contribution in [3.8, 4) is 0 Å². The van der Waals surface area contributed by atoms with Crippen molar-refractivity contribution in [2.75, 3.05) is 0 Å². The van der Waals surface area contributed by atoms with Gasteiger partial charge in [0.2, 0.25) is 0 Å². The van der Waals surface area contributed by atoms with Crippen LogP contribution < -0.4 is 5.32 Å². The van der Waals surface area contributed by atoms with Crippen LogP contribution in [0.3, 0.4) is 0 Å². The van der Waals surface area contributed by atoms with Gasteiger partial charge in [0.15, 0.2) is 16.2 Å². The van der Waals surface area contributed by atoms with E-state index in [-0.39, 0.29) is 5.91 Å². The lowest BCUT2D eigenvalue weighted by Crippen LogP contribution is -2.25. The lowest BCUT2D eigenvalue weighted by molar-refractivity contribution is 0.0948. The molecular weight excluding hydrogens is 406 g/mol. The van der Waals surface area contributed by atoms with Crippen molar-refractivity contribution in [3.63, 3.8) is 0 Å². The van der Waals surface area contributed by atoms with Crippen molar-refractivity contribution in [2.45, 2.75) is 31.0 Å². The molecule has 148 valence electrons. The Labute approximate surface area is 176 Å². The Morgan fingerprint density at radius 3 is 2.86 bits per heavy atom. The smallest absolute Gasteiger partial charge is 0.257 e. The second-order valence-corrected chi connectivity index (χ2v) is 7.58. The van der Waals surface area contributed by atoms with Gasteiger partial charge < -0.3 is 14.3 Å². The zero-order chi connectivity index (χ0) is 20.2. The summed E-state index contributed by atoms with van der Waals surface area (Å²) in [6.07, 6.45) is 0. The molecule has 2 heterocycles. The molecule has 4 aromatic rings. The first-order valence-electron chi connectivity index (χ1n) is 9.14. The fourth-order valence-corrected chi connectivity index (χ4v) is 4.11. The van der Waals surface area contributed by atoms with Gasteiger partial charge in [-0.25, -0.2) is 4.98 Å². The highest BCUT2D eigenvalue weighted by Crippen LogP contribution is 2.27. The van der Waals surface area contributed by atoms with Crippen LogP contribution in [0.1, 0.15) is 28.7 Å². The number of para-hydroxylation sites is 2. The number of aromatic nitrogens is 4. The molecular formula is C20H19N5O2S2. The number of fused-ring (bicyclic) bond motifs is 1. The van der Waals surface area contributed by atoms with Gasteiger partial charge in [-0.05, 0) is 42.9 Å². The zero-order valence-corrected chi connectivity index (χ0v) is 17.3. The van der Waals surface area contributed by atoms with Crippen LogP contribution in [0.4, 0.5) is 0 Å². The third kappa shape index (κ3) is 4.25. The van der Waals surface area contributed by atoms with Gasteiger partial charge in [-0.15, -0.1) is 0 Å². The molecule has 2 aromatic carbocycles. The summed E-state index contributed by atoms with van der Waals surface area (Å²) >= 11 is 6.65. The van der Waals surface area contributed by atoms with Crippen molar-refractivity contribution >= 4 is 41.0 Å². The minimum Gasteiger partial charge on any atom is -0.431 e. The van der Waals surface area contributed by atoms with Gasteiger partial charge >= 0.3 is 0 Å². The van der Waals surface area contributed by atoms with E-state index in [1.54, 1.807) is 0 Å². The molecule has 0 saturated heterocycles. The van der Waals surface area contributed by atoms with Gasteiger partial charge in [0.25, 0.3) is 11.1 Å². The second kappa shape index (κ2) is 8.62. The third-order valence-corrected chi connectivity index (χ3v) is 5.64. The number of oxazole rings is 1. The molecule has 4 rings (SSSR count). The maximum atomic E-state index is 12.8. The molecule has 0 aliphatic heterocycles. The second-order valence-electron chi connectivity index (χ2n) is 6.27. The molecule has 0 radical (unpaired) electrons. The van der Waals surface area contributed by atoms with Crippen molar-refractivity contribution in [3.05, 3.63) is 70.3 Å². The Balaban J connectivity index is 1.45. The quantitative estimate of drug-likeness (QED) is 0.339. The van der Waals surface area contributed by atoms with Gasteiger partial charge in [-0.3, -0.25) is 9.89 Å². The van der Waals surface area contributed by atoms with Crippen molar-refractivity contribution in [1.82, 2.24) is 25.1 Å². The van der Waals surface area contributed by atoms with Crippen LogP contribution in [0, 0.1) is 4.77 Å². The first kappa shape index (κ1) is 19.4. The highest BCUT2D eigenvalue weighted by atomic mass is 32.2. The van der Waals surface area contributed by atoms with Gasteiger partial charge in [-0.2, -0.15) is 5.10 Å². The molecule has 1 amide bonds. The molecule has 2 N–H and O–H groups in total. The number of thioether (sulfide) groups is 1. The van der Waals surface area contributed by atoms with E-state index < -0.39 is 0 Å². The Bertz CT molecular complexity index is 1180. The first-order chi connectivity index (χ1) is 14.2.